The Hall–Kier alpha value is -7.35. The molecule has 0 aliphatic heterocycles. The summed E-state index contributed by atoms with van der Waals surface area (Å²) in [6.07, 6.45) is 0. The predicted octanol–water partition coefficient (Wildman–Crippen LogP) is 12.9. The maximum atomic E-state index is 6.46. The van der Waals surface area contributed by atoms with Crippen molar-refractivity contribution in [1.29, 1.82) is 0 Å². The van der Waals surface area contributed by atoms with Gasteiger partial charge in [0.25, 0.3) is 0 Å². The zero-order valence-electron chi connectivity index (χ0n) is 29.8. The Labute approximate surface area is 325 Å². The Bertz CT molecular complexity index is 3190. The van der Waals surface area contributed by atoms with Crippen molar-refractivity contribution in [2.45, 2.75) is 0 Å². The fourth-order valence-corrected chi connectivity index (χ4v) is 8.79. The van der Waals surface area contributed by atoms with E-state index < -0.39 is 0 Å². The zero-order valence-corrected chi connectivity index (χ0v) is 30.6. The molecule has 262 valence electrons. The standard InChI is InChI=1S/C49H29N5OS/c1-4-15-30(16-5-1)39-29-40(51-46(50-39)31-17-6-2-7-18-31)35-23-14-28-42-43(35)36-24-13-26-38(45(36)56-42)49-53-47(32-19-8-3-9-20-32)52-48(54-49)37-25-12-22-34-33-21-10-11-27-41(33)55-44(34)37/h1-29H. The summed E-state index contributed by atoms with van der Waals surface area (Å²) in [5.74, 6) is 2.44. The lowest BCUT2D eigenvalue weighted by molar-refractivity contribution is 0.669. The molecule has 4 aromatic heterocycles. The third kappa shape index (κ3) is 5.44. The van der Waals surface area contributed by atoms with Crippen LogP contribution in [-0.2, 0) is 0 Å². The summed E-state index contributed by atoms with van der Waals surface area (Å²) in [5, 5.41) is 4.33. The van der Waals surface area contributed by atoms with Crippen LogP contribution in [0.15, 0.2) is 180 Å². The first-order valence-electron chi connectivity index (χ1n) is 18.4. The first kappa shape index (κ1) is 32.1. The molecule has 56 heavy (non-hydrogen) atoms. The number of rotatable bonds is 6. The molecule has 0 atom stereocenters. The number of furan rings is 1. The summed E-state index contributed by atoms with van der Waals surface area (Å²) in [4.78, 5) is 25.7. The van der Waals surface area contributed by atoms with Gasteiger partial charge in [0.05, 0.1) is 17.0 Å². The van der Waals surface area contributed by atoms with Gasteiger partial charge in [-0.1, -0.05) is 146 Å². The van der Waals surface area contributed by atoms with Gasteiger partial charge in [0.15, 0.2) is 23.3 Å². The molecular formula is C49H29N5OS. The van der Waals surface area contributed by atoms with Gasteiger partial charge in [-0.05, 0) is 30.3 Å². The van der Waals surface area contributed by atoms with Gasteiger partial charge in [-0.15, -0.1) is 11.3 Å². The van der Waals surface area contributed by atoms with Gasteiger partial charge in [0.2, 0.25) is 0 Å². The number of para-hydroxylation sites is 2. The normalized spacial score (nSPS) is 11.6. The Morgan fingerprint density at radius 2 is 0.911 bits per heavy atom. The van der Waals surface area contributed by atoms with Crippen molar-refractivity contribution in [2.24, 2.45) is 0 Å². The van der Waals surface area contributed by atoms with E-state index in [1.54, 1.807) is 11.3 Å². The molecule has 11 aromatic rings. The summed E-state index contributed by atoms with van der Waals surface area (Å²) >= 11 is 1.74. The number of aromatic nitrogens is 5. The highest BCUT2D eigenvalue weighted by molar-refractivity contribution is 7.26. The van der Waals surface area contributed by atoms with Crippen molar-refractivity contribution in [3.63, 3.8) is 0 Å². The molecule has 11 rings (SSSR count). The first-order chi connectivity index (χ1) is 27.7. The number of benzene rings is 7. The van der Waals surface area contributed by atoms with Crippen LogP contribution in [0, 0.1) is 0 Å². The lowest BCUT2D eigenvalue weighted by Crippen LogP contribution is -2.00. The number of thiophene rings is 1. The Morgan fingerprint density at radius 1 is 0.375 bits per heavy atom. The summed E-state index contributed by atoms with van der Waals surface area (Å²) < 4.78 is 8.70. The van der Waals surface area contributed by atoms with E-state index in [1.165, 1.54) is 0 Å². The molecule has 0 aliphatic rings. The van der Waals surface area contributed by atoms with Crippen LogP contribution in [0.5, 0.6) is 0 Å². The number of fused-ring (bicyclic) bond motifs is 6. The highest BCUT2D eigenvalue weighted by Gasteiger charge is 2.21. The van der Waals surface area contributed by atoms with Gasteiger partial charge in [0.1, 0.15) is 11.2 Å². The van der Waals surface area contributed by atoms with Crippen LogP contribution in [0.2, 0.25) is 0 Å². The molecule has 0 aliphatic carbocycles. The largest absolute Gasteiger partial charge is 0.455 e. The molecule has 0 saturated heterocycles. The quantitative estimate of drug-likeness (QED) is 0.169. The minimum Gasteiger partial charge on any atom is -0.455 e. The maximum Gasteiger partial charge on any atom is 0.167 e. The third-order valence-electron chi connectivity index (χ3n) is 10.2. The topological polar surface area (TPSA) is 77.6 Å². The molecule has 4 heterocycles. The summed E-state index contributed by atoms with van der Waals surface area (Å²) in [6, 6.07) is 59.8. The maximum absolute atomic E-state index is 6.46. The van der Waals surface area contributed by atoms with Crippen molar-refractivity contribution < 1.29 is 4.42 Å². The summed E-state index contributed by atoms with van der Waals surface area (Å²) in [7, 11) is 0. The second-order valence-corrected chi connectivity index (χ2v) is 14.7. The van der Waals surface area contributed by atoms with Crippen molar-refractivity contribution in [3.8, 4) is 68.1 Å². The van der Waals surface area contributed by atoms with E-state index in [0.717, 1.165) is 86.9 Å². The predicted molar refractivity (Wildman–Crippen MR) is 228 cm³/mol. The fraction of sp³-hybridized carbons (Fsp3) is 0. The van der Waals surface area contributed by atoms with Crippen molar-refractivity contribution >= 4 is 53.4 Å². The molecule has 0 radical (unpaired) electrons. The lowest BCUT2D eigenvalue weighted by atomic mass is 10.0. The van der Waals surface area contributed by atoms with Gasteiger partial charge in [-0.2, -0.15) is 0 Å². The van der Waals surface area contributed by atoms with Crippen LogP contribution >= 0.6 is 11.3 Å². The van der Waals surface area contributed by atoms with E-state index >= 15 is 0 Å². The zero-order chi connectivity index (χ0) is 37.0. The van der Waals surface area contributed by atoms with E-state index in [2.05, 4.69) is 78.9 Å². The van der Waals surface area contributed by atoms with E-state index in [0.29, 0.717) is 23.3 Å². The minimum atomic E-state index is 0.556. The average molecular weight is 736 g/mol. The van der Waals surface area contributed by atoms with E-state index in [4.69, 9.17) is 29.3 Å². The number of nitrogens with zero attached hydrogens (tertiary/aromatic N) is 5. The Balaban J connectivity index is 1.13. The molecule has 7 aromatic carbocycles. The van der Waals surface area contributed by atoms with Gasteiger partial charge in [-0.3, -0.25) is 0 Å². The monoisotopic (exact) mass is 735 g/mol. The molecule has 0 unspecified atom stereocenters. The minimum absolute atomic E-state index is 0.556. The molecular weight excluding hydrogens is 707 g/mol. The molecule has 0 amide bonds. The number of hydrogen-bond acceptors (Lipinski definition) is 7. The van der Waals surface area contributed by atoms with E-state index in [9.17, 15) is 0 Å². The SMILES string of the molecule is c1ccc(-c2cc(-c3cccc4sc5c(-c6nc(-c7ccccc7)nc(-c7cccc8c7oc7ccccc78)n6)cccc5c34)nc(-c3ccccc3)n2)cc1. The molecule has 0 bridgehead atoms. The summed E-state index contributed by atoms with van der Waals surface area (Å²) in [5.41, 5.74) is 9.03. The Kier molecular flexibility index (Phi) is 7.57. The lowest BCUT2D eigenvalue weighted by Gasteiger charge is -2.11. The van der Waals surface area contributed by atoms with Crippen LogP contribution in [0.4, 0.5) is 0 Å². The van der Waals surface area contributed by atoms with E-state index in [-0.39, 0.29) is 0 Å². The van der Waals surface area contributed by atoms with Gasteiger partial charge in [0, 0.05) is 58.8 Å². The highest BCUT2D eigenvalue weighted by Crippen LogP contribution is 2.44. The second kappa shape index (κ2) is 13.2. The molecule has 6 nitrogen and oxygen atoms in total. The van der Waals surface area contributed by atoms with Crippen LogP contribution < -0.4 is 0 Å². The molecule has 0 fully saturated rings. The fourth-order valence-electron chi connectivity index (χ4n) is 7.55. The first-order valence-corrected chi connectivity index (χ1v) is 19.2. The van der Waals surface area contributed by atoms with Gasteiger partial charge in [-0.25, -0.2) is 24.9 Å². The molecule has 0 spiro atoms. The highest BCUT2D eigenvalue weighted by atomic mass is 32.1. The summed E-state index contributed by atoms with van der Waals surface area (Å²) in [6.45, 7) is 0. The molecule has 7 heteroatoms. The van der Waals surface area contributed by atoms with Crippen molar-refractivity contribution in [3.05, 3.63) is 176 Å². The van der Waals surface area contributed by atoms with Crippen LogP contribution in [0.25, 0.3) is 110 Å². The van der Waals surface area contributed by atoms with Crippen LogP contribution in [-0.4, -0.2) is 24.9 Å². The van der Waals surface area contributed by atoms with Gasteiger partial charge < -0.3 is 4.42 Å². The molecule has 0 saturated carbocycles. The Morgan fingerprint density at radius 3 is 1.66 bits per heavy atom. The van der Waals surface area contributed by atoms with Gasteiger partial charge >= 0.3 is 0 Å². The smallest absolute Gasteiger partial charge is 0.167 e. The van der Waals surface area contributed by atoms with Crippen molar-refractivity contribution in [1.82, 2.24) is 24.9 Å². The number of hydrogen-bond donors (Lipinski definition) is 0. The van der Waals surface area contributed by atoms with Crippen LogP contribution in [0.3, 0.4) is 0 Å². The molecule has 0 N–H and O–H groups in total. The van der Waals surface area contributed by atoms with Crippen molar-refractivity contribution in [2.75, 3.05) is 0 Å². The average Bonchev–Trinajstić information content (AvgIpc) is 3.86. The van der Waals surface area contributed by atoms with Crippen LogP contribution in [0.1, 0.15) is 0 Å². The second-order valence-electron chi connectivity index (χ2n) is 13.6. The third-order valence-corrected chi connectivity index (χ3v) is 11.4. The van der Waals surface area contributed by atoms with E-state index in [1.807, 2.05) is 97.1 Å².